The van der Waals surface area contributed by atoms with E-state index in [1.54, 1.807) is 53.2 Å². The first-order valence-corrected chi connectivity index (χ1v) is 11.1. The second-order valence-electron chi connectivity index (χ2n) is 7.93. The highest BCUT2D eigenvalue weighted by Gasteiger charge is 2.17. The van der Waals surface area contributed by atoms with Crippen molar-refractivity contribution in [2.75, 3.05) is 26.6 Å². The Morgan fingerprint density at radius 2 is 1.53 bits per heavy atom. The van der Waals surface area contributed by atoms with Crippen molar-refractivity contribution < 1.29 is 23.7 Å². The molecular formula is C26H27N5O5. The van der Waals surface area contributed by atoms with Gasteiger partial charge in [-0.25, -0.2) is 4.68 Å². The Bertz CT molecular complexity index is 1360. The van der Waals surface area contributed by atoms with E-state index in [1.165, 1.54) is 21.3 Å². The molecule has 0 aliphatic rings. The maximum Gasteiger partial charge on any atom is 0.255 e. The predicted molar refractivity (Wildman–Crippen MR) is 134 cm³/mol. The molecule has 2 aromatic heterocycles. The summed E-state index contributed by atoms with van der Waals surface area (Å²) in [7, 11) is 4.50. The fraction of sp³-hybridized carbons (Fsp3) is 0.231. The number of carbonyl (C=O) groups excluding carboxylic acids is 1. The summed E-state index contributed by atoms with van der Waals surface area (Å²) in [4.78, 5) is 12.8. The Balaban J connectivity index is 1.43. The lowest BCUT2D eigenvalue weighted by atomic mass is 10.1. The summed E-state index contributed by atoms with van der Waals surface area (Å²) in [5.41, 5.74) is 4.03. The summed E-state index contributed by atoms with van der Waals surface area (Å²) in [6.07, 6.45) is 0. The molecule has 0 bridgehead atoms. The number of benzene rings is 2. The molecule has 36 heavy (non-hydrogen) atoms. The van der Waals surface area contributed by atoms with Gasteiger partial charge in [0, 0.05) is 23.0 Å². The smallest absolute Gasteiger partial charge is 0.255 e. The van der Waals surface area contributed by atoms with Crippen molar-refractivity contribution in [1.82, 2.24) is 20.0 Å². The fourth-order valence-corrected chi connectivity index (χ4v) is 3.57. The van der Waals surface area contributed by atoms with Crippen LogP contribution >= 0.6 is 0 Å². The van der Waals surface area contributed by atoms with Crippen LogP contribution in [0.15, 0.2) is 48.5 Å². The van der Waals surface area contributed by atoms with Gasteiger partial charge in [-0.15, -0.1) is 10.2 Å². The second-order valence-corrected chi connectivity index (χ2v) is 7.93. The van der Waals surface area contributed by atoms with Gasteiger partial charge in [0.05, 0.1) is 27.0 Å². The molecule has 0 aliphatic heterocycles. The monoisotopic (exact) mass is 489 g/mol. The van der Waals surface area contributed by atoms with E-state index in [4.69, 9.17) is 18.9 Å². The summed E-state index contributed by atoms with van der Waals surface area (Å²) < 4.78 is 23.5. The second kappa shape index (κ2) is 10.3. The van der Waals surface area contributed by atoms with E-state index in [0.717, 1.165) is 17.0 Å². The molecule has 0 unspecified atom stereocenters. The zero-order valence-electron chi connectivity index (χ0n) is 20.9. The molecule has 1 amide bonds. The molecule has 0 aliphatic carbocycles. The number of hydrogen-bond acceptors (Lipinski definition) is 8. The molecular weight excluding hydrogens is 462 g/mol. The van der Waals surface area contributed by atoms with E-state index in [1.807, 2.05) is 20.8 Å². The van der Waals surface area contributed by atoms with Crippen LogP contribution in [0.1, 0.15) is 27.3 Å². The highest BCUT2D eigenvalue weighted by Crippen LogP contribution is 2.38. The topological polar surface area (TPSA) is 110 Å². The normalized spacial score (nSPS) is 10.6. The van der Waals surface area contributed by atoms with Crippen molar-refractivity contribution in [2.45, 2.75) is 20.8 Å². The van der Waals surface area contributed by atoms with Crippen molar-refractivity contribution in [2.24, 2.45) is 0 Å². The number of anilines is 1. The van der Waals surface area contributed by atoms with Gasteiger partial charge in [0.15, 0.2) is 17.3 Å². The van der Waals surface area contributed by atoms with Crippen molar-refractivity contribution in [3.8, 4) is 34.7 Å². The predicted octanol–water partition coefficient (Wildman–Crippen LogP) is 4.66. The van der Waals surface area contributed by atoms with Crippen LogP contribution in [0.2, 0.25) is 0 Å². The molecule has 0 saturated heterocycles. The van der Waals surface area contributed by atoms with Crippen molar-refractivity contribution in [3.63, 3.8) is 0 Å². The molecule has 0 fully saturated rings. The minimum absolute atomic E-state index is 0.330. The van der Waals surface area contributed by atoms with Crippen LogP contribution in [0.5, 0.6) is 28.9 Å². The average Bonchev–Trinajstić information content (AvgIpc) is 3.16. The van der Waals surface area contributed by atoms with Gasteiger partial charge in [-0.2, -0.15) is 5.10 Å². The molecule has 0 spiro atoms. The van der Waals surface area contributed by atoms with Gasteiger partial charge in [-0.05, 0) is 68.8 Å². The number of rotatable bonds is 8. The molecule has 1 N–H and O–H groups in total. The van der Waals surface area contributed by atoms with E-state index >= 15 is 0 Å². The number of aryl methyl sites for hydroxylation is 1. The highest BCUT2D eigenvalue weighted by atomic mass is 16.5. The zero-order chi connectivity index (χ0) is 25.8. The minimum atomic E-state index is -0.330. The van der Waals surface area contributed by atoms with Gasteiger partial charge in [0.25, 0.3) is 5.91 Å². The molecule has 4 aromatic rings. The first-order valence-electron chi connectivity index (χ1n) is 11.1. The minimum Gasteiger partial charge on any atom is -0.493 e. The zero-order valence-corrected chi connectivity index (χ0v) is 20.9. The maximum atomic E-state index is 12.8. The third-order valence-corrected chi connectivity index (χ3v) is 5.76. The third-order valence-electron chi connectivity index (χ3n) is 5.76. The van der Waals surface area contributed by atoms with Crippen LogP contribution in [0, 0.1) is 20.8 Å². The highest BCUT2D eigenvalue weighted by molar-refractivity contribution is 6.05. The number of aromatic nitrogens is 4. The van der Waals surface area contributed by atoms with E-state index in [2.05, 4.69) is 20.6 Å². The van der Waals surface area contributed by atoms with E-state index in [-0.39, 0.29) is 5.91 Å². The Hall–Kier alpha value is -4.60. The Labute approximate surface area is 208 Å². The SMILES string of the molecule is COc1cc(C(=O)Nc2ccc(Oc3ccc(-n4nc(C)c(C)c4C)nn3)cc2)cc(OC)c1OC. The van der Waals surface area contributed by atoms with Crippen LogP contribution in [-0.4, -0.2) is 47.2 Å². The number of nitrogens with zero attached hydrogens (tertiary/aromatic N) is 4. The first kappa shape index (κ1) is 24.5. The van der Waals surface area contributed by atoms with Gasteiger partial charge < -0.3 is 24.3 Å². The largest absolute Gasteiger partial charge is 0.493 e. The van der Waals surface area contributed by atoms with Crippen molar-refractivity contribution >= 4 is 11.6 Å². The Morgan fingerprint density at radius 3 is 2.03 bits per heavy atom. The van der Waals surface area contributed by atoms with E-state index in [9.17, 15) is 4.79 Å². The van der Waals surface area contributed by atoms with Crippen LogP contribution in [0.3, 0.4) is 0 Å². The molecule has 10 nitrogen and oxygen atoms in total. The van der Waals surface area contributed by atoms with Crippen molar-refractivity contribution in [1.29, 1.82) is 0 Å². The van der Waals surface area contributed by atoms with E-state index in [0.29, 0.717) is 45.9 Å². The molecule has 0 radical (unpaired) electrons. The molecule has 0 saturated carbocycles. The van der Waals surface area contributed by atoms with Crippen LogP contribution < -0.4 is 24.3 Å². The summed E-state index contributed by atoms with van der Waals surface area (Å²) >= 11 is 0. The number of amides is 1. The lowest BCUT2D eigenvalue weighted by Crippen LogP contribution is -2.12. The fourth-order valence-electron chi connectivity index (χ4n) is 3.57. The lowest BCUT2D eigenvalue weighted by Gasteiger charge is -2.14. The standard InChI is InChI=1S/C26H27N5O5/c1-15-16(2)30-31(17(15)3)23-11-12-24(29-28-23)36-20-9-7-19(8-10-20)27-26(32)18-13-21(33-4)25(35-6)22(14-18)34-5/h7-14H,1-6H3,(H,27,32). The molecule has 10 heteroatoms. The number of nitrogens with one attached hydrogen (secondary N) is 1. The average molecular weight is 490 g/mol. The number of ether oxygens (including phenoxy) is 4. The van der Waals surface area contributed by atoms with Gasteiger partial charge in [0.1, 0.15) is 5.75 Å². The molecule has 186 valence electrons. The van der Waals surface area contributed by atoms with Crippen LogP contribution in [0.4, 0.5) is 5.69 Å². The van der Waals surface area contributed by atoms with Crippen LogP contribution in [0.25, 0.3) is 5.82 Å². The Morgan fingerprint density at radius 1 is 0.861 bits per heavy atom. The molecule has 0 atom stereocenters. The number of carbonyl (C=O) groups is 1. The lowest BCUT2D eigenvalue weighted by molar-refractivity contribution is 0.102. The van der Waals surface area contributed by atoms with Gasteiger partial charge in [0.2, 0.25) is 11.6 Å². The van der Waals surface area contributed by atoms with Gasteiger partial charge in [-0.1, -0.05) is 0 Å². The number of methoxy groups -OCH3 is 3. The molecule has 2 aromatic carbocycles. The van der Waals surface area contributed by atoms with Gasteiger partial charge >= 0.3 is 0 Å². The summed E-state index contributed by atoms with van der Waals surface area (Å²) in [5.74, 6) is 2.37. The first-order chi connectivity index (χ1) is 17.3. The maximum absolute atomic E-state index is 12.8. The molecule has 2 heterocycles. The number of hydrogen-bond donors (Lipinski definition) is 1. The summed E-state index contributed by atoms with van der Waals surface area (Å²) in [6.45, 7) is 5.97. The van der Waals surface area contributed by atoms with Crippen molar-refractivity contribution in [3.05, 3.63) is 71.0 Å². The quantitative estimate of drug-likeness (QED) is 0.381. The van der Waals surface area contributed by atoms with Gasteiger partial charge in [-0.3, -0.25) is 4.79 Å². The van der Waals surface area contributed by atoms with Crippen LogP contribution in [-0.2, 0) is 0 Å². The Kier molecular flexibility index (Phi) is 7.05. The summed E-state index contributed by atoms with van der Waals surface area (Å²) in [5, 5.41) is 15.7. The molecule has 4 rings (SSSR count). The third kappa shape index (κ3) is 4.92. The van der Waals surface area contributed by atoms with E-state index < -0.39 is 0 Å². The summed E-state index contributed by atoms with van der Waals surface area (Å²) in [6, 6.07) is 13.6.